The first-order valence-corrected chi connectivity index (χ1v) is 9.90. The van der Waals surface area contributed by atoms with Gasteiger partial charge in [0, 0.05) is 22.7 Å². The molecule has 1 aliphatic rings. The number of carbonyl (C=O) groups excluding carboxylic acids is 1. The fourth-order valence-electron chi connectivity index (χ4n) is 3.35. The average molecular weight is 362 g/mol. The predicted molar refractivity (Wildman–Crippen MR) is 97.8 cm³/mol. The fraction of sp³-hybridized carbons (Fsp3) is 0.316. The van der Waals surface area contributed by atoms with E-state index >= 15 is 0 Å². The molecule has 3 nitrogen and oxygen atoms in total. The van der Waals surface area contributed by atoms with E-state index < -0.39 is 10.8 Å². The fourth-order valence-corrected chi connectivity index (χ4v) is 4.44. The minimum absolute atomic E-state index is 0.0248. The molecule has 126 valence electrons. The molecule has 2 aromatic rings. The van der Waals surface area contributed by atoms with Crippen molar-refractivity contribution in [1.29, 1.82) is 0 Å². The number of hydrogen-bond donors (Lipinski definition) is 0. The SMILES string of the molecule is C[C@H]1c2ccccc2CCN1C(=O)Cc1c(Cl)cccc1S(C)=O. The van der Waals surface area contributed by atoms with E-state index in [2.05, 4.69) is 19.1 Å². The Morgan fingerprint density at radius 2 is 2.00 bits per heavy atom. The van der Waals surface area contributed by atoms with E-state index in [1.165, 1.54) is 11.1 Å². The van der Waals surface area contributed by atoms with Gasteiger partial charge in [-0.1, -0.05) is 41.9 Å². The number of amides is 1. The Balaban J connectivity index is 1.86. The van der Waals surface area contributed by atoms with Crippen molar-refractivity contribution in [3.8, 4) is 0 Å². The smallest absolute Gasteiger partial charge is 0.227 e. The third-order valence-electron chi connectivity index (χ3n) is 4.63. The number of rotatable bonds is 3. The Morgan fingerprint density at radius 3 is 2.75 bits per heavy atom. The molecule has 24 heavy (non-hydrogen) atoms. The largest absolute Gasteiger partial charge is 0.335 e. The molecule has 1 heterocycles. The van der Waals surface area contributed by atoms with Crippen molar-refractivity contribution in [3.05, 3.63) is 64.2 Å². The van der Waals surface area contributed by atoms with E-state index in [1.54, 1.807) is 24.5 Å². The summed E-state index contributed by atoms with van der Waals surface area (Å²) in [5.74, 6) is 0.0248. The Labute approximate surface area is 150 Å². The van der Waals surface area contributed by atoms with Gasteiger partial charge in [-0.25, -0.2) is 0 Å². The number of fused-ring (bicyclic) bond motifs is 1. The standard InChI is InChI=1S/C19H20ClNO2S/c1-13-15-7-4-3-6-14(15)10-11-21(13)19(22)12-16-17(20)8-5-9-18(16)24(2)23/h3-9,13H,10-12H2,1-2H3/t13-,24?/m0/s1. The second-order valence-corrected chi connectivity index (χ2v) is 7.81. The zero-order valence-corrected chi connectivity index (χ0v) is 15.4. The van der Waals surface area contributed by atoms with E-state index in [0.717, 1.165) is 6.42 Å². The van der Waals surface area contributed by atoms with Crippen molar-refractivity contribution in [1.82, 2.24) is 4.90 Å². The second kappa shape index (κ2) is 7.08. The maximum absolute atomic E-state index is 12.9. The van der Waals surface area contributed by atoms with Crippen LogP contribution in [0.3, 0.4) is 0 Å². The summed E-state index contributed by atoms with van der Waals surface area (Å²) in [7, 11) is -1.17. The zero-order chi connectivity index (χ0) is 17.3. The molecule has 0 saturated carbocycles. The molecule has 3 rings (SSSR count). The molecular weight excluding hydrogens is 342 g/mol. The third kappa shape index (κ3) is 3.26. The highest BCUT2D eigenvalue weighted by atomic mass is 35.5. The molecule has 2 atom stereocenters. The van der Waals surface area contributed by atoms with Gasteiger partial charge in [0.15, 0.2) is 0 Å². The van der Waals surface area contributed by atoms with Crippen LogP contribution in [0.4, 0.5) is 0 Å². The van der Waals surface area contributed by atoms with Crippen LogP contribution in [0.5, 0.6) is 0 Å². The summed E-state index contributed by atoms with van der Waals surface area (Å²) in [6.45, 7) is 2.76. The normalized spacial score (nSPS) is 18.1. The van der Waals surface area contributed by atoms with Crippen molar-refractivity contribution in [2.45, 2.75) is 30.7 Å². The summed E-state index contributed by atoms with van der Waals surface area (Å²) in [4.78, 5) is 15.4. The Kier molecular flexibility index (Phi) is 5.07. The third-order valence-corrected chi connectivity index (χ3v) is 5.98. The van der Waals surface area contributed by atoms with Crippen molar-refractivity contribution < 1.29 is 9.00 Å². The van der Waals surface area contributed by atoms with Crippen LogP contribution in [-0.4, -0.2) is 27.8 Å². The first kappa shape index (κ1) is 17.2. The number of benzene rings is 2. The number of nitrogens with zero attached hydrogens (tertiary/aromatic N) is 1. The van der Waals surface area contributed by atoms with Crippen molar-refractivity contribution in [2.75, 3.05) is 12.8 Å². The summed E-state index contributed by atoms with van der Waals surface area (Å²) in [6, 6.07) is 13.6. The van der Waals surface area contributed by atoms with Crippen LogP contribution in [0.1, 0.15) is 29.7 Å². The molecule has 0 N–H and O–H groups in total. The van der Waals surface area contributed by atoms with Gasteiger partial charge in [-0.15, -0.1) is 0 Å². The molecule has 0 fully saturated rings. The van der Waals surface area contributed by atoms with Crippen molar-refractivity contribution in [2.24, 2.45) is 0 Å². The van der Waals surface area contributed by atoms with Gasteiger partial charge in [0.2, 0.25) is 5.91 Å². The predicted octanol–water partition coefficient (Wildman–Crippen LogP) is 3.77. The molecule has 5 heteroatoms. The molecule has 0 saturated heterocycles. The molecular formula is C19H20ClNO2S. The average Bonchev–Trinajstić information content (AvgIpc) is 2.57. The summed E-state index contributed by atoms with van der Waals surface area (Å²) >= 11 is 6.27. The quantitative estimate of drug-likeness (QED) is 0.834. The van der Waals surface area contributed by atoms with Crippen LogP contribution < -0.4 is 0 Å². The number of carbonyl (C=O) groups is 1. The van der Waals surface area contributed by atoms with E-state index in [-0.39, 0.29) is 18.4 Å². The topological polar surface area (TPSA) is 37.4 Å². The Morgan fingerprint density at radius 1 is 1.25 bits per heavy atom. The van der Waals surface area contributed by atoms with Crippen LogP contribution in [0, 0.1) is 0 Å². The van der Waals surface area contributed by atoms with Crippen LogP contribution in [0.25, 0.3) is 0 Å². The van der Waals surface area contributed by atoms with Gasteiger partial charge in [0.1, 0.15) is 0 Å². The van der Waals surface area contributed by atoms with Crippen molar-refractivity contribution >= 4 is 28.3 Å². The van der Waals surface area contributed by atoms with Gasteiger partial charge in [-0.3, -0.25) is 9.00 Å². The summed E-state index contributed by atoms with van der Waals surface area (Å²) in [6.07, 6.45) is 2.65. The Bertz CT molecular complexity index is 806. The Hall–Kier alpha value is -1.65. The van der Waals surface area contributed by atoms with E-state index in [0.29, 0.717) is 22.0 Å². The number of hydrogen-bond acceptors (Lipinski definition) is 2. The van der Waals surface area contributed by atoms with Crippen LogP contribution in [0.15, 0.2) is 47.4 Å². The molecule has 0 bridgehead atoms. The first-order chi connectivity index (χ1) is 11.5. The minimum Gasteiger partial charge on any atom is -0.335 e. The summed E-state index contributed by atoms with van der Waals surface area (Å²) in [5, 5.41) is 0.501. The molecule has 0 radical (unpaired) electrons. The second-order valence-electron chi connectivity index (χ2n) is 6.06. The first-order valence-electron chi connectivity index (χ1n) is 7.97. The molecule has 2 aromatic carbocycles. The highest BCUT2D eigenvalue weighted by molar-refractivity contribution is 7.84. The van der Waals surface area contributed by atoms with Crippen LogP contribution in [0.2, 0.25) is 5.02 Å². The maximum Gasteiger partial charge on any atom is 0.227 e. The van der Waals surface area contributed by atoms with Gasteiger partial charge in [0.25, 0.3) is 0 Å². The monoisotopic (exact) mass is 361 g/mol. The lowest BCUT2D eigenvalue weighted by Gasteiger charge is -2.35. The van der Waals surface area contributed by atoms with E-state index in [4.69, 9.17) is 11.6 Å². The highest BCUT2D eigenvalue weighted by Crippen LogP contribution is 2.31. The molecule has 0 aliphatic carbocycles. The van der Waals surface area contributed by atoms with Gasteiger partial charge >= 0.3 is 0 Å². The minimum atomic E-state index is -1.17. The van der Waals surface area contributed by atoms with Crippen LogP contribution >= 0.6 is 11.6 Å². The van der Waals surface area contributed by atoms with E-state index in [9.17, 15) is 9.00 Å². The van der Waals surface area contributed by atoms with Crippen LogP contribution in [-0.2, 0) is 28.4 Å². The molecule has 1 amide bonds. The van der Waals surface area contributed by atoms with Gasteiger partial charge in [-0.05, 0) is 42.2 Å². The molecule has 0 spiro atoms. The maximum atomic E-state index is 12.9. The molecule has 0 aromatic heterocycles. The lowest BCUT2D eigenvalue weighted by Crippen LogP contribution is -2.39. The molecule has 1 aliphatic heterocycles. The summed E-state index contributed by atoms with van der Waals surface area (Å²) < 4.78 is 11.9. The lowest BCUT2D eigenvalue weighted by atomic mass is 9.93. The summed E-state index contributed by atoms with van der Waals surface area (Å²) in [5.41, 5.74) is 3.19. The van der Waals surface area contributed by atoms with Gasteiger partial charge in [0.05, 0.1) is 23.3 Å². The lowest BCUT2D eigenvalue weighted by molar-refractivity contribution is -0.133. The van der Waals surface area contributed by atoms with E-state index in [1.807, 2.05) is 17.0 Å². The van der Waals surface area contributed by atoms with Gasteiger partial charge in [-0.2, -0.15) is 0 Å². The zero-order valence-electron chi connectivity index (χ0n) is 13.8. The van der Waals surface area contributed by atoms with Crippen molar-refractivity contribution in [3.63, 3.8) is 0 Å². The van der Waals surface area contributed by atoms with Gasteiger partial charge < -0.3 is 4.90 Å². The highest BCUT2D eigenvalue weighted by Gasteiger charge is 2.28. The number of halogens is 1. The molecule has 1 unspecified atom stereocenters.